The number of Topliss-reactive ketones (excluding diaryl/α,β-unsaturated/α-hetero) is 1. The van der Waals surface area contributed by atoms with Gasteiger partial charge in [0.25, 0.3) is 0 Å². The first kappa shape index (κ1) is 56.1. The summed E-state index contributed by atoms with van der Waals surface area (Å²) in [5, 5.41) is 20.8. The van der Waals surface area contributed by atoms with Crippen molar-refractivity contribution in [2.45, 2.75) is 218 Å². The normalized spacial score (nSPS) is 19.0. The van der Waals surface area contributed by atoms with Gasteiger partial charge in [-0.2, -0.15) is 0 Å². The molecule has 0 amide bonds. The number of aliphatic hydroxyl groups excluding tert-OH is 2. The lowest BCUT2D eigenvalue weighted by atomic mass is 9.88. The molecule has 0 saturated heterocycles. The highest BCUT2D eigenvalue weighted by Gasteiger charge is 2.39. The van der Waals surface area contributed by atoms with E-state index < -0.39 is 50.6 Å². The lowest BCUT2D eigenvalue weighted by Crippen LogP contribution is -2.29. The Balaban J connectivity index is 2.31. The molecule has 1 aliphatic carbocycles. The van der Waals surface area contributed by atoms with E-state index in [1.54, 1.807) is 12.2 Å². The largest absolute Gasteiger partial charge is 0.472 e. The maximum Gasteiger partial charge on any atom is 0.472 e. The number of ketones is 1. The number of phosphoric acid groups is 1. The van der Waals surface area contributed by atoms with Gasteiger partial charge in [0.15, 0.2) is 6.10 Å². The molecule has 6 atom stereocenters. The number of ether oxygens (including phenoxy) is 2. The van der Waals surface area contributed by atoms with Crippen LogP contribution in [0, 0.1) is 11.8 Å². The number of carbonyl (C=O) groups excluding carboxylic acids is 3. The number of allylic oxidation sites excluding steroid dienone is 3. The van der Waals surface area contributed by atoms with Crippen molar-refractivity contribution in [3.8, 4) is 0 Å². The Labute approximate surface area is 363 Å². The molecule has 1 aliphatic rings. The van der Waals surface area contributed by atoms with E-state index in [0.717, 1.165) is 51.4 Å². The zero-order valence-electron chi connectivity index (χ0n) is 37.7. The summed E-state index contributed by atoms with van der Waals surface area (Å²) in [6.07, 6.45) is 33.9. The van der Waals surface area contributed by atoms with Crippen LogP contribution in [0.1, 0.15) is 200 Å². The number of unbranched alkanes of at least 4 members (excludes halogenated alkanes) is 20. The van der Waals surface area contributed by atoms with Gasteiger partial charge in [0.2, 0.25) is 0 Å². The van der Waals surface area contributed by atoms with Gasteiger partial charge in [0, 0.05) is 31.7 Å². The summed E-state index contributed by atoms with van der Waals surface area (Å²) in [5.41, 5.74) is 5.35. The molecule has 0 heterocycles. The lowest BCUT2D eigenvalue weighted by Gasteiger charge is -2.20. The second-order valence-electron chi connectivity index (χ2n) is 16.8. The van der Waals surface area contributed by atoms with Gasteiger partial charge < -0.3 is 30.3 Å². The number of hydrogen-bond donors (Lipinski definition) is 4. The number of carbonyl (C=O) groups is 3. The van der Waals surface area contributed by atoms with Gasteiger partial charge in [-0.15, -0.1) is 0 Å². The number of esters is 2. The number of rotatable bonds is 41. The summed E-state index contributed by atoms with van der Waals surface area (Å²) < 4.78 is 32.8. The molecule has 1 saturated carbocycles. The van der Waals surface area contributed by atoms with Gasteiger partial charge in [-0.1, -0.05) is 154 Å². The summed E-state index contributed by atoms with van der Waals surface area (Å²) in [6.45, 7) is 3.37. The molecular formula is C47H86NO11P. The van der Waals surface area contributed by atoms with Crippen LogP contribution in [0.2, 0.25) is 0 Å². The zero-order valence-corrected chi connectivity index (χ0v) is 38.6. The second-order valence-corrected chi connectivity index (χ2v) is 18.2. The topological polar surface area (TPSA) is 192 Å². The highest BCUT2D eigenvalue weighted by atomic mass is 31.2. The Bertz CT molecular complexity index is 1200. The first-order chi connectivity index (χ1) is 29.0. The van der Waals surface area contributed by atoms with Crippen LogP contribution in [-0.4, -0.2) is 77.5 Å². The number of aliphatic hydroxyl groups is 2. The van der Waals surface area contributed by atoms with Crippen LogP contribution in [0.5, 0.6) is 0 Å². The Morgan fingerprint density at radius 3 is 1.88 bits per heavy atom. The van der Waals surface area contributed by atoms with Crippen molar-refractivity contribution in [1.82, 2.24) is 0 Å². The zero-order chi connectivity index (χ0) is 44.1. The van der Waals surface area contributed by atoms with Crippen LogP contribution in [0.3, 0.4) is 0 Å². The van der Waals surface area contributed by atoms with E-state index in [1.165, 1.54) is 83.5 Å². The van der Waals surface area contributed by atoms with Crippen molar-refractivity contribution in [3.63, 3.8) is 0 Å². The molecule has 1 fully saturated rings. The lowest BCUT2D eigenvalue weighted by molar-refractivity contribution is -0.161. The van der Waals surface area contributed by atoms with Crippen molar-refractivity contribution in [2.24, 2.45) is 17.6 Å². The monoisotopic (exact) mass is 872 g/mol. The van der Waals surface area contributed by atoms with Crippen LogP contribution in [0.15, 0.2) is 24.3 Å². The van der Waals surface area contributed by atoms with E-state index >= 15 is 0 Å². The smallest absolute Gasteiger partial charge is 0.462 e. The van der Waals surface area contributed by atoms with E-state index in [0.29, 0.717) is 32.1 Å². The van der Waals surface area contributed by atoms with Gasteiger partial charge in [-0.3, -0.25) is 23.4 Å². The minimum atomic E-state index is -4.45. The minimum absolute atomic E-state index is 0.000674. The molecular weight excluding hydrogens is 785 g/mol. The van der Waals surface area contributed by atoms with Gasteiger partial charge >= 0.3 is 19.8 Å². The van der Waals surface area contributed by atoms with Gasteiger partial charge in [-0.05, 0) is 57.3 Å². The average Bonchev–Trinajstić information content (AvgIpc) is 3.49. The van der Waals surface area contributed by atoms with Gasteiger partial charge in [-0.25, -0.2) is 4.57 Å². The Kier molecular flexibility index (Phi) is 35.2. The van der Waals surface area contributed by atoms with Gasteiger partial charge in [0.05, 0.1) is 25.4 Å². The predicted octanol–water partition coefficient (Wildman–Crippen LogP) is 10.5. The quantitative estimate of drug-likeness (QED) is 0.0197. The molecule has 0 aliphatic heterocycles. The van der Waals surface area contributed by atoms with Crippen LogP contribution in [-0.2, 0) is 37.5 Å². The fraction of sp³-hybridized carbons (Fsp3) is 0.851. The summed E-state index contributed by atoms with van der Waals surface area (Å²) >= 11 is 0. The number of nitrogens with two attached hydrogens (primary N) is 1. The standard InChI is InChI=1S/C47H86NO11P/c1-3-5-7-8-9-10-11-12-13-14-15-16-17-18-19-20-21-22-27-31-46(52)56-38-41(39-58-60(54,55)57-36-35-48)59-47(53)32-28-24-23-26-30-42-43(45(51)37-44(42)50)34-33-40(49)29-25-6-4-2/h12-13,33-34,40-44,49-50H,3-11,14-32,35-39,48H2,1-2H3,(H,54,55)/b13-12-,34-33+/t40-,41+,42+,43+,44-/m0/s1. The van der Waals surface area contributed by atoms with E-state index in [1.807, 2.05) is 0 Å². The van der Waals surface area contributed by atoms with Crippen molar-refractivity contribution in [2.75, 3.05) is 26.4 Å². The average molecular weight is 872 g/mol. The molecule has 5 N–H and O–H groups in total. The van der Waals surface area contributed by atoms with Gasteiger partial charge in [0.1, 0.15) is 12.4 Å². The molecule has 0 aromatic rings. The molecule has 0 bridgehead atoms. The molecule has 0 aromatic heterocycles. The predicted molar refractivity (Wildman–Crippen MR) is 239 cm³/mol. The molecule has 0 spiro atoms. The molecule has 350 valence electrons. The fourth-order valence-corrected chi connectivity index (χ4v) is 8.36. The molecule has 1 unspecified atom stereocenters. The van der Waals surface area contributed by atoms with Crippen molar-refractivity contribution >= 4 is 25.5 Å². The highest BCUT2D eigenvalue weighted by Crippen LogP contribution is 2.43. The molecule has 0 radical (unpaired) electrons. The maximum atomic E-state index is 12.7. The molecule has 0 aromatic carbocycles. The first-order valence-electron chi connectivity index (χ1n) is 23.9. The molecule has 60 heavy (non-hydrogen) atoms. The van der Waals surface area contributed by atoms with Crippen LogP contribution < -0.4 is 5.73 Å². The van der Waals surface area contributed by atoms with Crippen molar-refractivity contribution in [3.05, 3.63) is 24.3 Å². The Morgan fingerprint density at radius 2 is 1.28 bits per heavy atom. The highest BCUT2D eigenvalue weighted by molar-refractivity contribution is 7.47. The van der Waals surface area contributed by atoms with E-state index in [4.69, 9.17) is 24.3 Å². The molecule has 12 nitrogen and oxygen atoms in total. The van der Waals surface area contributed by atoms with Crippen LogP contribution >= 0.6 is 7.82 Å². The first-order valence-corrected chi connectivity index (χ1v) is 25.4. The number of phosphoric ester groups is 1. The van der Waals surface area contributed by atoms with E-state index in [9.17, 15) is 34.1 Å². The van der Waals surface area contributed by atoms with Crippen molar-refractivity contribution in [1.29, 1.82) is 0 Å². The minimum Gasteiger partial charge on any atom is -0.462 e. The van der Waals surface area contributed by atoms with Crippen molar-refractivity contribution < 1.29 is 52.6 Å². The van der Waals surface area contributed by atoms with E-state index in [2.05, 4.69) is 26.0 Å². The third-order valence-corrected chi connectivity index (χ3v) is 12.2. The van der Waals surface area contributed by atoms with E-state index in [-0.39, 0.29) is 50.7 Å². The summed E-state index contributed by atoms with van der Waals surface area (Å²) in [5.74, 6) is -1.57. The molecule has 13 heteroatoms. The third-order valence-electron chi connectivity index (χ3n) is 11.2. The fourth-order valence-electron chi connectivity index (χ4n) is 7.59. The maximum absolute atomic E-state index is 12.7. The summed E-state index contributed by atoms with van der Waals surface area (Å²) in [6, 6.07) is 0. The Hall–Kier alpha value is -1.92. The Morgan fingerprint density at radius 1 is 0.750 bits per heavy atom. The van der Waals surface area contributed by atoms with Crippen LogP contribution in [0.25, 0.3) is 0 Å². The summed E-state index contributed by atoms with van der Waals surface area (Å²) in [4.78, 5) is 47.7. The second kappa shape index (κ2) is 37.6. The third kappa shape index (κ3) is 31.0. The van der Waals surface area contributed by atoms with Crippen LogP contribution in [0.4, 0.5) is 0 Å². The summed E-state index contributed by atoms with van der Waals surface area (Å²) in [7, 11) is -4.45. The molecule has 1 rings (SSSR count). The SMILES string of the molecule is CCCCCCCC/C=C\CCCCCCCCCCCC(=O)OC[C@H](COP(=O)(O)OCCN)OC(=O)CCCCCC[C@H]1[C@@H](O)CC(=O)[C@@H]1/C=C/[C@@H](O)CCCCC. The number of hydrogen-bond acceptors (Lipinski definition) is 11.